The second kappa shape index (κ2) is 6.20. The summed E-state index contributed by atoms with van der Waals surface area (Å²) in [5, 5.41) is -0.314. The van der Waals surface area contributed by atoms with Crippen LogP contribution in [0, 0.1) is 0 Å². The minimum absolute atomic E-state index is 0.180. The zero-order valence-corrected chi connectivity index (χ0v) is 12.1. The van der Waals surface area contributed by atoms with Gasteiger partial charge >= 0.3 is 0 Å². The third-order valence-electron chi connectivity index (χ3n) is 3.04. The predicted molar refractivity (Wildman–Crippen MR) is 76.5 cm³/mol. The summed E-state index contributed by atoms with van der Waals surface area (Å²) >= 11 is 0. The molecule has 0 radical (unpaired) electrons. The van der Waals surface area contributed by atoms with Gasteiger partial charge in [0.25, 0.3) is 0 Å². The van der Waals surface area contributed by atoms with Crippen molar-refractivity contribution in [2.45, 2.75) is 25.6 Å². The normalized spacial score (nSPS) is 11.8. The summed E-state index contributed by atoms with van der Waals surface area (Å²) in [6.07, 6.45) is 0. The van der Waals surface area contributed by atoms with Crippen LogP contribution in [-0.4, -0.2) is 33.0 Å². The SMILES string of the molecule is CC(C)S(=O)(=O)CCN(C)c1ccc(CN)cc1. The van der Waals surface area contributed by atoms with Gasteiger partial charge in [-0.15, -0.1) is 0 Å². The summed E-state index contributed by atoms with van der Waals surface area (Å²) in [5.74, 6) is 0.180. The van der Waals surface area contributed by atoms with E-state index < -0.39 is 9.84 Å². The summed E-state index contributed by atoms with van der Waals surface area (Å²) in [7, 11) is -1.08. The van der Waals surface area contributed by atoms with Crippen molar-refractivity contribution in [2.24, 2.45) is 5.73 Å². The van der Waals surface area contributed by atoms with Crippen LogP contribution in [0.2, 0.25) is 0 Å². The lowest BCUT2D eigenvalue weighted by Crippen LogP contribution is -2.28. The Bertz CT molecular complexity index is 466. The first-order chi connectivity index (χ1) is 8.36. The topological polar surface area (TPSA) is 63.4 Å². The number of benzene rings is 1. The molecular weight excluding hydrogens is 248 g/mol. The van der Waals surface area contributed by atoms with Crippen molar-refractivity contribution in [2.75, 3.05) is 24.2 Å². The van der Waals surface area contributed by atoms with Crippen LogP contribution < -0.4 is 10.6 Å². The molecular formula is C13H22N2O2S. The van der Waals surface area contributed by atoms with Crippen LogP contribution in [0.3, 0.4) is 0 Å². The van der Waals surface area contributed by atoms with Gasteiger partial charge in [0, 0.05) is 25.8 Å². The standard InChI is InChI=1S/C13H22N2O2S/c1-11(2)18(16,17)9-8-15(3)13-6-4-12(10-14)5-7-13/h4-7,11H,8-10,14H2,1-3H3. The van der Waals surface area contributed by atoms with Gasteiger partial charge in [-0.3, -0.25) is 0 Å². The first-order valence-corrected chi connectivity index (χ1v) is 7.80. The van der Waals surface area contributed by atoms with Crippen molar-refractivity contribution in [3.8, 4) is 0 Å². The van der Waals surface area contributed by atoms with Gasteiger partial charge in [-0.1, -0.05) is 12.1 Å². The summed E-state index contributed by atoms with van der Waals surface area (Å²) in [5.41, 5.74) is 7.61. The van der Waals surface area contributed by atoms with Crippen LogP contribution in [0.5, 0.6) is 0 Å². The fraction of sp³-hybridized carbons (Fsp3) is 0.538. The van der Waals surface area contributed by atoms with Crippen molar-refractivity contribution in [3.05, 3.63) is 29.8 Å². The maximum Gasteiger partial charge on any atom is 0.154 e. The summed E-state index contributed by atoms with van der Waals surface area (Å²) < 4.78 is 23.4. The molecule has 0 aliphatic carbocycles. The zero-order valence-electron chi connectivity index (χ0n) is 11.3. The Balaban J connectivity index is 2.63. The van der Waals surface area contributed by atoms with Gasteiger partial charge in [-0.05, 0) is 31.5 Å². The minimum Gasteiger partial charge on any atom is -0.374 e. The Labute approximate surface area is 110 Å². The molecule has 0 spiro atoms. The average molecular weight is 270 g/mol. The van der Waals surface area contributed by atoms with Gasteiger partial charge in [0.2, 0.25) is 0 Å². The van der Waals surface area contributed by atoms with E-state index in [1.807, 2.05) is 36.2 Å². The molecule has 0 unspecified atom stereocenters. The molecule has 102 valence electrons. The average Bonchev–Trinajstić information content (AvgIpc) is 2.36. The molecule has 0 aliphatic rings. The third kappa shape index (κ3) is 3.99. The lowest BCUT2D eigenvalue weighted by Gasteiger charge is -2.20. The molecule has 1 aromatic carbocycles. The Hall–Kier alpha value is -1.07. The molecule has 0 aromatic heterocycles. The Kier molecular flexibility index (Phi) is 5.16. The minimum atomic E-state index is -2.98. The van der Waals surface area contributed by atoms with Crippen molar-refractivity contribution in [1.82, 2.24) is 0 Å². The summed E-state index contributed by atoms with van der Waals surface area (Å²) in [6, 6.07) is 7.85. The van der Waals surface area contributed by atoms with E-state index in [0.717, 1.165) is 11.3 Å². The van der Waals surface area contributed by atoms with Crippen molar-refractivity contribution >= 4 is 15.5 Å². The molecule has 0 fully saturated rings. The van der Waals surface area contributed by atoms with E-state index >= 15 is 0 Å². The second-order valence-electron chi connectivity index (χ2n) is 4.71. The van der Waals surface area contributed by atoms with Gasteiger partial charge in [0.15, 0.2) is 9.84 Å². The Morgan fingerprint density at radius 2 is 1.78 bits per heavy atom. The molecule has 2 N–H and O–H groups in total. The number of sulfone groups is 1. The highest BCUT2D eigenvalue weighted by atomic mass is 32.2. The number of hydrogen-bond acceptors (Lipinski definition) is 4. The monoisotopic (exact) mass is 270 g/mol. The molecule has 0 atom stereocenters. The van der Waals surface area contributed by atoms with E-state index in [9.17, 15) is 8.42 Å². The summed E-state index contributed by atoms with van der Waals surface area (Å²) in [4.78, 5) is 1.94. The number of rotatable bonds is 6. The summed E-state index contributed by atoms with van der Waals surface area (Å²) in [6.45, 7) is 4.45. The lowest BCUT2D eigenvalue weighted by molar-refractivity contribution is 0.586. The van der Waals surface area contributed by atoms with Crippen LogP contribution in [0.25, 0.3) is 0 Å². The highest BCUT2D eigenvalue weighted by molar-refractivity contribution is 7.92. The second-order valence-corrected chi connectivity index (χ2v) is 7.38. The molecule has 0 heterocycles. The van der Waals surface area contributed by atoms with Gasteiger partial charge < -0.3 is 10.6 Å². The molecule has 1 aromatic rings. The fourth-order valence-corrected chi connectivity index (χ4v) is 2.52. The Morgan fingerprint density at radius 3 is 2.22 bits per heavy atom. The van der Waals surface area contributed by atoms with E-state index in [-0.39, 0.29) is 11.0 Å². The number of hydrogen-bond donors (Lipinski definition) is 1. The lowest BCUT2D eigenvalue weighted by atomic mass is 10.2. The number of nitrogens with zero attached hydrogens (tertiary/aromatic N) is 1. The Morgan fingerprint density at radius 1 is 1.22 bits per heavy atom. The van der Waals surface area contributed by atoms with Gasteiger partial charge in [0.1, 0.15) is 0 Å². The van der Waals surface area contributed by atoms with Gasteiger partial charge in [-0.2, -0.15) is 0 Å². The third-order valence-corrected chi connectivity index (χ3v) is 5.23. The largest absolute Gasteiger partial charge is 0.374 e. The zero-order chi connectivity index (χ0) is 13.8. The maximum absolute atomic E-state index is 11.7. The van der Waals surface area contributed by atoms with Crippen molar-refractivity contribution in [1.29, 1.82) is 0 Å². The van der Waals surface area contributed by atoms with Crippen LogP contribution in [0.4, 0.5) is 5.69 Å². The van der Waals surface area contributed by atoms with Crippen molar-refractivity contribution in [3.63, 3.8) is 0 Å². The van der Waals surface area contributed by atoms with E-state index in [4.69, 9.17) is 5.73 Å². The van der Waals surface area contributed by atoms with Gasteiger partial charge in [-0.25, -0.2) is 8.42 Å². The van der Waals surface area contributed by atoms with Crippen LogP contribution in [-0.2, 0) is 16.4 Å². The highest BCUT2D eigenvalue weighted by Gasteiger charge is 2.16. The molecule has 0 saturated heterocycles. The van der Waals surface area contributed by atoms with Crippen LogP contribution in [0.1, 0.15) is 19.4 Å². The van der Waals surface area contributed by atoms with E-state index in [2.05, 4.69) is 0 Å². The molecule has 0 amide bonds. The van der Waals surface area contributed by atoms with E-state index in [1.165, 1.54) is 0 Å². The smallest absolute Gasteiger partial charge is 0.154 e. The molecule has 5 heteroatoms. The molecule has 0 bridgehead atoms. The molecule has 1 rings (SSSR count). The highest BCUT2D eigenvalue weighted by Crippen LogP contribution is 2.14. The quantitative estimate of drug-likeness (QED) is 0.849. The number of anilines is 1. The first kappa shape index (κ1) is 15.0. The van der Waals surface area contributed by atoms with E-state index in [1.54, 1.807) is 13.8 Å². The van der Waals surface area contributed by atoms with E-state index in [0.29, 0.717) is 13.1 Å². The molecule has 4 nitrogen and oxygen atoms in total. The molecule has 0 saturated carbocycles. The molecule has 18 heavy (non-hydrogen) atoms. The molecule has 0 aliphatic heterocycles. The van der Waals surface area contributed by atoms with Crippen LogP contribution in [0.15, 0.2) is 24.3 Å². The first-order valence-electron chi connectivity index (χ1n) is 6.08. The fourth-order valence-electron chi connectivity index (χ4n) is 1.52. The number of nitrogens with two attached hydrogens (primary N) is 1. The maximum atomic E-state index is 11.7. The van der Waals surface area contributed by atoms with Gasteiger partial charge in [0.05, 0.1) is 11.0 Å². The van der Waals surface area contributed by atoms with Crippen molar-refractivity contribution < 1.29 is 8.42 Å². The van der Waals surface area contributed by atoms with Crippen LogP contribution >= 0.6 is 0 Å². The predicted octanol–water partition coefficient (Wildman–Crippen LogP) is 1.40.